The molecule has 0 saturated carbocycles. The fraction of sp³-hybridized carbons (Fsp3) is 0.895. The van der Waals surface area contributed by atoms with Crippen LogP contribution < -0.4 is 0 Å². The van der Waals surface area contributed by atoms with Gasteiger partial charge in [0.05, 0.1) is 56.2 Å². The Labute approximate surface area is 348 Å². The Hall–Kier alpha value is -2.68. The van der Waals surface area contributed by atoms with Gasteiger partial charge in [-0.15, -0.1) is 0 Å². The third kappa shape index (κ3) is 15.9. The minimum Gasteiger partial charge on any atom is -0.481 e. The van der Waals surface area contributed by atoms with Crippen molar-refractivity contribution in [2.75, 3.05) is 0 Å². The first kappa shape index (κ1) is 53.5. The van der Waals surface area contributed by atoms with E-state index in [2.05, 4.69) is 0 Å². The van der Waals surface area contributed by atoms with Crippen LogP contribution in [0.2, 0.25) is 0 Å². The quantitative estimate of drug-likeness (QED) is 0.0619. The van der Waals surface area contributed by atoms with Gasteiger partial charge in [0.1, 0.15) is 67.1 Å². The number of ether oxygens (including phenoxy) is 8. The third-order valence-corrected chi connectivity index (χ3v) is 10.4. The minimum atomic E-state index is -1.66. The molecule has 350 valence electrons. The zero-order valence-electron chi connectivity index (χ0n) is 35.0. The highest BCUT2D eigenvalue weighted by Gasteiger charge is 2.50. The summed E-state index contributed by atoms with van der Waals surface area (Å²) >= 11 is 0. The zero-order valence-corrected chi connectivity index (χ0v) is 35.0. The van der Waals surface area contributed by atoms with Crippen molar-refractivity contribution in [3.8, 4) is 0 Å². The number of carbonyl (C=O) groups is 4. The van der Waals surface area contributed by atoms with Gasteiger partial charge in [0.25, 0.3) is 0 Å². The number of esters is 2. The molecule has 3 fully saturated rings. The Morgan fingerprint density at radius 1 is 0.450 bits per heavy atom. The summed E-state index contributed by atoms with van der Waals surface area (Å²) < 4.78 is 43.9. The van der Waals surface area contributed by atoms with Gasteiger partial charge in [0.15, 0.2) is 18.9 Å². The molecule has 10 N–H and O–H groups in total. The summed E-state index contributed by atoms with van der Waals surface area (Å²) in [5.41, 5.74) is 0. The number of hydrogen-bond acceptors (Lipinski definition) is 20. The molecule has 10 unspecified atom stereocenters. The molecule has 22 heteroatoms. The van der Waals surface area contributed by atoms with Gasteiger partial charge in [0, 0.05) is 0 Å². The first-order chi connectivity index (χ1) is 28.1. The lowest BCUT2D eigenvalue weighted by Crippen LogP contribution is -2.63. The van der Waals surface area contributed by atoms with Gasteiger partial charge in [-0.1, -0.05) is 27.7 Å². The lowest BCUT2D eigenvalue weighted by Gasteiger charge is -2.46. The second-order valence-corrected chi connectivity index (χ2v) is 15.1. The predicted octanol–water partition coefficient (Wildman–Crippen LogP) is -1.56. The van der Waals surface area contributed by atoms with Gasteiger partial charge in [-0.25, -0.2) is 0 Å². The van der Waals surface area contributed by atoms with E-state index in [0.29, 0.717) is 25.7 Å². The molecule has 22 nitrogen and oxygen atoms in total. The van der Waals surface area contributed by atoms with Gasteiger partial charge in [-0.3, -0.25) is 19.2 Å². The zero-order chi connectivity index (χ0) is 45.6. The molecule has 3 rings (SSSR count). The predicted molar refractivity (Wildman–Crippen MR) is 200 cm³/mol. The van der Waals surface area contributed by atoms with Crippen LogP contribution in [0, 0.1) is 0 Å². The Morgan fingerprint density at radius 2 is 0.783 bits per heavy atom. The lowest BCUT2D eigenvalue weighted by atomic mass is 9.98. The summed E-state index contributed by atoms with van der Waals surface area (Å²) in [7, 11) is 0. The average Bonchev–Trinajstić information content (AvgIpc) is 3.19. The normalized spacial score (nSPS) is 36.4. The third-order valence-electron chi connectivity index (χ3n) is 10.4. The van der Waals surface area contributed by atoms with Gasteiger partial charge >= 0.3 is 23.9 Å². The first-order valence-corrected chi connectivity index (χ1v) is 20.3. The van der Waals surface area contributed by atoms with Crippen LogP contribution in [0.5, 0.6) is 0 Å². The highest BCUT2D eigenvalue weighted by molar-refractivity contribution is 5.72. The Balaban J connectivity index is 0.000000438. The smallest absolute Gasteiger partial charge is 0.308 e. The van der Waals surface area contributed by atoms with E-state index in [9.17, 15) is 60.0 Å². The number of aliphatic carboxylic acids is 2. The van der Waals surface area contributed by atoms with Crippen molar-refractivity contribution in [3.63, 3.8) is 0 Å². The molecule has 0 amide bonds. The van der Waals surface area contributed by atoms with E-state index in [4.69, 9.17) is 48.1 Å². The van der Waals surface area contributed by atoms with Crippen molar-refractivity contribution in [3.05, 3.63) is 0 Å². The Bertz CT molecular complexity index is 1320. The number of carboxylic acid groups (broad SMARTS) is 2. The van der Waals surface area contributed by atoms with Crippen molar-refractivity contribution in [1.29, 1.82) is 0 Å². The molecule has 3 saturated heterocycles. The summed E-state index contributed by atoms with van der Waals surface area (Å²) in [6, 6.07) is 0. The molecular formula is C38H66O22. The molecule has 0 aromatic carbocycles. The van der Waals surface area contributed by atoms with Crippen LogP contribution >= 0.6 is 0 Å². The summed E-state index contributed by atoms with van der Waals surface area (Å²) in [6.07, 6.45) is -22.0. The number of carboxylic acids is 2. The van der Waals surface area contributed by atoms with Crippen LogP contribution in [-0.2, 0) is 57.1 Å². The van der Waals surface area contributed by atoms with Crippen LogP contribution in [-0.4, -0.2) is 191 Å². The molecule has 19 atom stereocenters. The van der Waals surface area contributed by atoms with Crippen molar-refractivity contribution >= 4 is 23.9 Å². The van der Waals surface area contributed by atoms with Gasteiger partial charge in [0.2, 0.25) is 0 Å². The standard InChI is InChI=1S/C22H38O13.C16H28O9/c1-5-11(7-13(23)24)33-14(25)8-12(6-2)34-22-20(18(29)16(27)10(4)32-22)35-21-19(30)17(28)15(26)9(3)31-21;1-4-9(6-11(17)18)24-12(19)7-10(5-2)25-16-15(22)14(21)13(20)8(3)23-16/h9-12,15-22,26-30H,5-8H2,1-4H3,(H,23,24);8-10,13-16,20-22H,4-7H2,1-3H3,(H,17,18)/t9?,10?,11?,12?,15-,16-,17-,18-,19?,20?,21-,22-;8?,9?,10?,13-,14-,15?,16-/m00/s1. The van der Waals surface area contributed by atoms with Crippen LogP contribution in [0.3, 0.4) is 0 Å². The van der Waals surface area contributed by atoms with E-state index in [1.165, 1.54) is 20.8 Å². The monoisotopic (exact) mass is 874 g/mol. The maximum absolute atomic E-state index is 12.4. The van der Waals surface area contributed by atoms with Crippen molar-refractivity contribution in [2.45, 2.75) is 216 Å². The first-order valence-electron chi connectivity index (χ1n) is 20.3. The SMILES string of the molecule is CCC(CC(=O)O)OC(=O)CC(CC)O[C@@H]1OC(C)[C@H](O)[C@H](O)C1O.CCC(CC(=O)O)OC(=O)CC(CC)O[C@@H]1OC(C)[C@H](O)[C@H](O)C1O[C@@H]1OC(C)[C@H](O)[C@H](O)C1O. The van der Waals surface area contributed by atoms with Gasteiger partial charge < -0.3 is 89.0 Å². The van der Waals surface area contributed by atoms with Crippen LogP contribution in [0.15, 0.2) is 0 Å². The van der Waals surface area contributed by atoms with Gasteiger partial charge in [-0.05, 0) is 46.5 Å². The maximum Gasteiger partial charge on any atom is 0.308 e. The van der Waals surface area contributed by atoms with E-state index >= 15 is 0 Å². The van der Waals surface area contributed by atoms with Gasteiger partial charge in [-0.2, -0.15) is 0 Å². The minimum absolute atomic E-state index is 0.147. The molecule has 0 aromatic heterocycles. The lowest BCUT2D eigenvalue weighted by molar-refractivity contribution is -0.366. The van der Waals surface area contributed by atoms with Crippen molar-refractivity contribution < 1.29 is 108 Å². The molecule has 0 aliphatic carbocycles. The Morgan fingerprint density at radius 3 is 1.17 bits per heavy atom. The highest BCUT2D eigenvalue weighted by atomic mass is 16.8. The maximum atomic E-state index is 12.4. The number of rotatable bonds is 20. The summed E-state index contributed by atoms with van der Waals surface area (Å²) in [5, 5.41) is 98.2. The molecule has 3 aliphatic rings. The molecule has 0 bridgehead atoms. The van der Waals surface area contributed by atoms with E-state index in [0.717, 1.165) is 0 Å². The van der Waals surface area contributed by atoms with E-state index in [-0.39, 0.29) is 25.7 Å². The molecule has 0 aromatic rings. The second-order valence-electron chi connectivity index (χ2n) is 15.1. The fourth-order valence-corrected chi connectivity index (χ4v) is 6.39. The number of carbonyl (C=O) groups excluding carboxylic acids is 2. The number of hydrogen-bond donors (Lipinski definition) is 10. The van der Waals surface area contributed by atoms with Crippen molar-refractivity contribution in [1.82, 2.24) is 0 Å². The summed E-state index contributed by atoms with van der Waals surface area (Å²) in [5.74, 6) is -3.44. The molecular weight excluding hydrogens is 808 g/mol. The largest absolute Gasteiger partial charge is 0.481 e. The molecule has 3 heterocycles. The molecule has 0 radical (unpaired) electrons. The second kappa shape index (κ2) is 25.4. The molecule has 60 heavy (non-hydrogen) atoms. The summed E-state index contributed by atoms with van der Waals surface area (Å²) in [6.45, 7) is 11.4. The van der Waals surface area contributed by atoms with Crippen molar-refractivity contribution in [2.24, 2.45) is 0 Å². The van der Waals surface area contributed by atoms with Crippen LogP contribution in [0.4, 0.5) is 0 Å². The number of aliphatic hydroxyl groups excluding tert-OH is 8. The highest BCUT2D eigenvalue weighted by Crippen LogP contribution is 2.31. The topological polar surface area (TPSA) is 344 Å². The Kier molecular flexibility index (Phi) is 22.7. The van der Waals surface area contributed by atoms with Crippen LogP contribution in [0.25, 0.3) is 0 Å². The average molecular weight is 875 g/mol. The molecule has 3 aliphatic heterocycles. The molecule has 0 spiro atoms. The van der Waals surface area contributed by atoms with E-state index in [1.54, 1.807) is 27.7 Å². The van der Waals surface area contributed by atoms with E-state index in [1.807, 2.05) is 0 Å². The summed E-state index contributed by atoms with van der Waals surface area (Å²) in [4.78, 5) is 46.0. The fourth-order valence-electron chi connectivity index (χ4n) is 6.39. The number of aliphatic hydroxyl groups is 8. The van der Waals surface area contributed by atoms with Crippen LogP contribution in [0.1, 0.15) is 99.8 Å². The van der Waals surface area contributed by atoms with E-state index < -0.39 is 140 Å².